The summed E-state index contributed by atoms with van der Waals surface area (Å²) in [6.07, 6.45) is 0. The van der Waals surface area contributed by atoms with Crippen LogP contribution in [0.4, 0.5) is 4.79 Å². The highest BCUT2D eigenvalue weighted by Crippen LogP contribution is 2.33. The van der Waals surface area contributed by atoms with Crippen LogP contribution in [0.1, 0.15) is 42.5 Å². The predicted octanol–water partition coefficient (Wildman–Crippen LogP) is 2.82. The molecular formula is C15H22N2O2. The maximum Gasteiger partial charge on any atom is 0.317 e. The molecule has 1 saturated heterocycles. The van der Waals surface area contributed by atoms with Gasteiger partial charge in [0.25, 0.3) is 0 Å². The van der Waals surface area contributed by atoms with Gasteiger partial charge in [0.15, 0.2) is 0 Å². The maximum atomic E-state index is 11.6. The Morgan fingerprint density at radius 1 is 1.42 bits per heavy atom. The van der Waals surface area contributed by atoms with E-state index in [1.807, 2.05) is 7.05 Å². The number of carbonyl (C=O) groups is 1. The lowest BCUT2D eigenvalue weighted by molar-refractivity contribution is 0.226. The molecule has 0 aromatic heterocycles. The van der Waals surface area contributed by atoms with Crippen LogP contribution in [0.5, 0.6) is 5.75 Å². The van der Waals surface area contributed by atoms with E-state index in [0.29, 0.717) is 12.5 Å². The van der Waals surface area contributed by atoms with Gasteiger partial charge in [-0.2, -0.15) is 0 Å². The van der Waals surface area contributed by atoms with Crippen LogP contribution in [0.3, 0.4) is 0 Å². The molecule has 0 aliphatic carbocycles. The fourth-order valence-corrected chi connectivity index (χ4v) is 2.56. The van der Waals surface area contributed by atoms with Crippen LogP contribution >= 0.6 is 0 Å². The van der Waals surface area contributed by atoms with Crippen molar-refractivity contribution in [1.29, 1.82) is 0 Å². The van der Waals surface area contributed by atoms with Crippen LogP contribution in [-0.2, 0) is 0 Å². The van der Waals surface area contributed by atoms with Gasteiger partial charge in [0.2, 0.25) is 0 Å². The Morgan fingerprint density at radius 3 is 2.58 bits per heavy atom. The van der Waals surface area contributed by atoms with Gasteiger partial charge in [-0.25, -0.2) is 4.79 Å². The first-order chi connectivity index (χ1) is 8.93. The number of nitrogens with one attached hydrogen (secondary N) is 1. The summed E-state index contributed by atoms with van der Waals surface area (Å²) in [5.74, 6) is 1.32. The number of likely N-dealkylation sites (N-methyl/N-ethyl adjacent to an activating group) is 1. The third-order valence-electron chi connectivity index (χ3n) is 3.72. The summed E-state index contributed by atoms with van der Waals surface area (Å²) in [7, 11) is 3.52. The van der Waals surface area contributed by atoms with Gasteiger partial charge in [-0.3, -0.25) is 0 Å². The first-order valence-corrected chi connectivity index (χ1v) is 6.64. The summed E-state index contributed by atoms with van der Waals surface area (Å²) in [4.78, 5) is 13.3. The van der Waals surface area contributed by atoms with Crippen molar-refractivity contribution in [1.82, 2.24) is 10.2 Å². The molecule has 4 heteroatoms. The monoisotopic (exact) mass is 262 g/mol. The predicted molar refractivity (Wildman–Crippen MR) is 75.7 cm³/mol. The molecule has 1 aliphatic heterocycles. The number of rotatable bonds is 3. The Labute approximate surface area is 114 Å². The van der Waals surface area contributed by atoms with Crippen molar-refractivity contribution in [2.75, 3.05) is 20.7 Å². The number of hydrogen-bond donors (Lipinski definition) is 1. The largest absolute Gasteiger partial charge is 0.496 e. The first kappa shape index (κ1) is 13.7. The zero-order chi connectivity index (χ0) is 14.2. The lowest BCUT2D eigenvalue weighted by Crippen LogP contribution is -2.24. The van der Waals surface area contributed by atoms with Crippen molar-refractivity contribution in [2.45, 2.75) is 32.7 Å². The van der Waals surface area contributed by atoms with Crippen LogP contribution in [0, 0.1) is 6.92 Å². The van der Waals surface area contributed by atoms with Crippen molar-refractivity contribution in [3.05, 3.63) is 28.8 Å². The van der Waals surface area contributed by atoms with Crippen LogP contribution in [-0.4, -0.2) is 31.6 Å². The number of amides is 2. The highest BCUT2D eigenvalue weighted by molar-refractivity contribution is 5.77. The molecule has 1 fully saturated rings. The summed E-state index contributed by atoms with van der Waals surface area (Å²) >= 11 is 0. The van der Waals surface area contributed by atoms with Gasteiger partial charge < -0.3 is 15.0 Å². The van der Waals surface area contributed by atoms with E-state index >= 15 is 0 Å². The maximum absolute atomic E-state index is 11.6. The van der Waals surface area contributed by atoms with Crippen LogP contribution < -0.4 is 10.1 Å². The molecular weight excluding hydrogens is 240 g/mol. The summed E-state index contributed by atoms with van der Waals surface area (Å²) in [5, 5.41) is 3.01. The fourth-order valence-electron chi connectivity index (χ4n) is 2.56. The number of benzene rings is 1. The number of methoxy groups -OCH3 is 1. The number of ether oxygens (including phenoxy) is 1. The van der Waals surface area contributed by atoms with Crippen LogP contribution in [0.2, 0.25) is 0 Å². The van der Waals surface area contributed by atoms with Crippen molar-refractivity contribution in [3.63, 3.8) is 0 Å². The first-order valence-electron chi connectivity index (χ1n) is 6.64. The van der Waals surface area contributed by atoms with Crippen LogP contribution in [0.15, 0.2) is 12.1 Å². The molecule has 1 unspecified atom stereocenters. The lowest BCUT2D eigenvalue weighted by Gasteiger charge is -2.19. The lowest BCUT2D eigenvalue weighted by atomic mass is 9.93. The molecule has 2 rings (SSSR count). The summed E-state index contributed by atoms with van der Waals surface area (Å²) < 4.78 is 5.45. The molecule has 0 bridgehead atoms. The second-order valence-corrected chi connectivity index (χ2v) is 5.49. The van der Waals surface area contributed by atoms with E-state index < -0.39 is 0 Å². The van der Waals surface area contributed by atoms with Crippen molar-refractivity contribution < 1.29 is 9.53 Å². The smallest absolute Gasteiger partial charge is 0.317 e. The average Bonchev–Trinajstić information content (AvgIpc) is 2.68. The zero-order valence-electron chi connectivity index (χ0n) is 12.3. The molecule has 1 atom stereocenters. The Balaban J connectivity index is 2.41. The summed E-state index contributed by atoms with van der Waals surface area (Å²) in [6, 6.07) is 4.30. The minimum absolute atomic E-state index is 0.00804. The van der Waals surface area contributed by atoms with E-state index in [-0.39, 0.29) is 12.1 Å². The van der Waals surface area contributed by atoms with E-state index in [0.717, 1.165) is 11.3 Å². The number of nitrogens with zero attached hydrogens (tertiary/aromatic N) is 1. The Hall–Kier alpha value is -1.71. The SMILES string of the molecule is COc1cc(C)c(C2CN(C)C(=O)N2)cc1C(C)C. The van der Waals surface area contributed by atoms with E-state index in [2.05, 4.69) is 38.2 Å². The quantitative estimate of drug-likeness (QED) is 0.910. The fraction of sp³-hybridized carbons (Fsp3) is 0.533. The van der Waals surface area contributed by atoms with Gasteiger partial charge >= 0.3 is 6.03 Å². The summed E-state index contributed by atoms with van der Waals surface area (Å²) in [5.41, 5.74) is 3.52. The molecule has 1 heterocycles. The molecule has 1 aromatic carbocycles. The van der Waals surface area contributed by atoms with E-state index in [9.17, 15) is 4.79 Å². The highest BCUT2D eigenvalue weighted by atomic mass is 16.5. The number of hydrogen-bond acceptors (Lipinski definition) is 2. The van der Waals surface area contributed by atoms with Crippen molar-refractivity contribution in [3.8, 4) is 5.75 Å². The molecule has 104 valence electrons. The van der Waals surface area contributed by atoms with Gasteiger partial charge in [0, 0.05) is 13.6 Å². The topological polar surface area (TPSA) is 41.6 Å². The Morgan fingerprint density at radius 2 is 2.11 bits per heavy atom. The second kappa shape index (κ2) is 5.11. The zero-order valence-corrected chi connectivity index (χ0v) is 12.3. The highest BCUT2D eigenvalue weighted by Gasteiger charge is 2.28. The third kappa shape index (κ3) is 2.53. The van der Waals surface area contributed by atoms with E-state index in [1.54, 1.807) is 12.0 Å². The molecule has 4 nitrogen and oxygen atoms in total. The van der Waals surface area contributed by atoms with Gasteiger partial charge in [0.1, 0.15) is 5.75 Å². The molecule has 19 heavy (non-hydrogen) atoms. The second-order valence-electron chi connectivity index (χ2n) is 5.49. The molecule has 0 saturated carbocycles. The number of urea groups is 1. The Bertz CT molecular complexity index is 497. The standard InChI is InChI=1S/C15H22N2O2/c1-9(2)11-7-12(10(3)6-14(11)19-5)13-8-17(4)15(18)16-13/h6-7,9,13H,8H2,1-5H3,(H,16,18). The normalized spacial score (nSPS) is 18.9. The van der Waals surface area contributed by atoms with Gasteiger partial charge in [-0.15, -0.1) is 0 Å². The molecule has 2 amide bonds. The van der Waals surface area contributed by atoms with Crippen molar-refractivity contribution >= 4 is 6.03 Å². The summed E-state index contributed by atoms with van der Waals surface area (Å²) in [6.45, 7) is 7.07. The van der Waals surface area contributed by atoms with Crippen LogP contribution in [0.25, 0.3) is 0 Å². The Kier molecular flexibility index (Phi) is 3.69. The van der Waals surface area contributed by atoms with Crippen molar-refractivity contribution in [2.24, 2.45) is 0 Å². The molecule has 0 spiro atoms. The number of aryl methyl sites for hydroxylation is 1. The molecule has 1 aliphatic rings. The van der Waals surface area contributed by atoms with E-state index in [4.69, 9.17) is 4.74 Å². The average molecular weight is 262 g/mol. The van der Waals surface area contributed by atoms with Gasteiger partial charge in [-0.1, -0.05) is 13.8 Å². The molecule has 0 radical (unpaired) electrons. The molecule has 1 N–H and O–H groups in total. The van der Waals surface area contributed by atoms with Gasteiger partial charge in [0.05, 0.1) is 13.2 Å². The third-order valence-corrected chi connectivity index (χ3v) is 3.72. The number of carbonyl (C=O) groups excluding carboxylic acids is 1. The molecule has 1 aromatic rings. The van der Waals surface area contributed by atoms with E-state index in [1.165, 1.54) is 11.1 Å². The minimum atomic E-state index is -0.00804. The minimum Gasteiger partial charge on any atom is -0.496 e. The van der Waals surface area contributed by atoms with Gasteiger partial charge in [-0.05, 0) is 41.7 Å².